The van der Waals surface area contributed by atoms with Gasteiger partial charge in [0.05, 0.1) is 24.5 Å². The zero-order valence-corrected chi connectivity index (χ0v) is 22.8. The molecule has 39 heavy (non-hydrogen) atoms. The number of allylic oxidation sites excluding steroid dienone is 1. The molecule has 1 aliphatic heterocycles. The molecule has 2 aliphatic rings. The van der Waals surface area contributed by atoms with Gasteiger partial charge in [-0.2, -0.15) is 0 Å². The summed E-state index contributed by atoms with van der Waals surface area (Å²) in [7, 11) is 1.63. The second-order valence-corrected chi connectivity index (χ2v) is 10.5. The number of carbonyl (C=O) groups is 2. The lowest BCUT2D eigenvalue weighted by atomic mass is 9.78. The van der Waals surface area contributed by atoms with Crippen molar-refractivity contribution in [3.8, 4) is 5.75 Å². The highest BCUT2D eigenvalue weighted by Crippen LogP contribution is 2.48. The normalized spacial score (nSPS) is 18.7. The minimum absolute atomic E-state index is 0.00483. The van der Waals surface area contributed by atoms with Gasteiger partial charge in [0.15, 0.2) is 5.78 Å². The van der Waals surface area contributed by atoms with Crippen LogP contribution in [-0.4, -0.2) is 18.8 Å². The third-order valence-electron chi connectivity index (χ3n) is 7.77. The molecule has 1 heterocycles. The first-order chi connectivity index (χ1) is 18.9. The number of halogens is 1. The Morgan fingerprint density at radius 3 is 2.41 bits per heavy atom. The van der Waals surface area contributed by atoms with Crippen LogP contribution in [0.3, 0.4) is 0 Å². The van der Waals surface area contributed by atoms with Crippen molar-refractivity contribution in [2.45, 2.75) is 64.3 Å². The Morgan fingerprint density at radius 1 is 1.00 bits per heavy atom. The van der Waals surface area contributed by atoms with E-state index in [4.69, 9.17) is 4.74 Å². The van der Waals surface area contributed by atoms with E-state index in [1.54, 1.807) is 24.1 Å². The second-order valence-electron chi connectivity index (χ2n) is 10.5. The topological polar surface area (TPSA) is 58.6 Å². The first-order valence-electron chi connectivity index (χ1n) is 13.7. The van der Waals surface area contributed by atoms with Crippen LogP contribution in [0.5, 0.6) is 5.75 Å². The monoisotopic (exact) mass is 526 g/mol. The highest BCUT2D eigenvalue weighted by atomic mass is 19.1. The lowest BCUT2D eigenvalue weighted by molar-refractivity contribution is -0.119. The maximum Gasteiger partial charge on any atom is 0.227 e. The molecule has 0 bridgehead atoms. The van der Waals surface area contributed by atoms with E-state index in [0.29, 0.717) is 24.8 Å². The number of nitrogens with one attached hydrogen (secondary N) is 1. The predicted octanol–water partition coefficient (Wildman–Crippen LogP) is 7.62. The van der Waals surface area contributed by atoms with E-state index in [9.17, 15) is 14.0 Å². The summed E-state index contributed by atoms with van der Waals surface area (Å²) in [4.78, 5) is 29.8. The molecule has 1 amide bonds. The van der Waals surface area contributed by atoms with Gasteiger partial charge in [0.2, 0.25) is 5.91 Å². The number of amides is 1. The molecule has 0 unspecified atom stereocenters. The Bertz CT molecular complexity index is 1400. The Balaban J connectivity index is 1.65. The molecule has 0 fully saturated rings. The van der Waals surface area contributed by atoms with Crippen LogP contribution in [0.25, 0.3) is 0 Å². The van der Waals surface area contributed by atoms with Crippen LogP contribution in [0, 0.1) is 12.7 Å². The number of fused-ring (bicyclic) bond motifs is 1. The Morgan fingerprint density at radius 2 is 1.72 bits per heavy atom. The zero-order valence-electron chi connectivity index (χ0n) is 22.8. The molecular weight excluding hydrogens is 491 g/mol. The van der Waals surface area contributed by atoms with E-state index in [0.717, 1.165) is 58.8 Å². The van der Waals surface area contributed by atoms with Gasteiger partial charge >= 0.3 is 0 Å². The van der Waals surface area contributed by atoms with Crippen molar-refractivity contribution in [3.05, 3.63) is 101 Å². The molecule has 6 heteroatoms. The number of rotatable bonds is 7. The van der Waals surface area contributed by atoms with Gasteiger partial charge in [-0.15, -0.1) is 0 Å². The van der Waals surface area contributed by atoms with Gasteiger partial charge in [0.25, 0.3) is 0 Å². The van der Waals surface area contributed by atoms with E-state index in [2.05, 4.69) is 12.2 Å². The standard InChI is InChI=1S/C33H35FN2O3/c1-4-5-6-7-31(38)36-29-18-21(2)8-17-27(29)35-28-19-24(22-11-15-26(39-3)16-12-22)20-30(37)32(28)33(36)23-9-13-25(34)14-10-23/h8-18,24,33,35H,4-7,19-20H2,1-3H3/t24-,33+/m0/s1. The zero-order chi connectivity index (χ0) is 27.5. The summed E-state index contributed by atoms with van der Waals surface area (Å²) in [6, 6.07) is 19.4. The predicted molar refractivity (Wildman–Crippen MR) is 153 cm³/mol. The number of carbonyl (C=O) groups excluding carboxylic acids is 2. The summed E-state index contributed by atoms with van der Waals surface area (Å²) in [6.45, 7) is 4.10. The van der Waals surface area contributed by atoms with Gasteiger partial charge in [-0.25, -0.2) is 4.39 Å². The van der Waals surface area contributed by atoms with E-state index in [-0.39, 0.29) is 23.4 Å². The molecule has 2 atom stereocenters. The molecule has 1 N–H and O–H groups in total. The van der Waals surface area contributed by atoms with Crippen molar-refractivity contribution >= 4 is 23.1 Å². The summed E-state index contributed by atoms with van der Waals surface area (Å²) >= 11 is 0. The number of ketones is 1. The summed E-state index contributed by atoms with van der Waals surface area (Å²) in [5, 5.41) is 3.57. The van der Waals surface area contributed by atoms with E-state index in [1.807, 2.05) is 49.4 Å². The molecule has 5 nitrogen and oxygen atoms in total. The van der Waals surface area contributed by atoms with Crippen LogP contribution in [0.4, 0.5) is 15.8 Å². The van der Waals surface area contributed by atoms with Gasteiger partial charge < -0.3 is 10.1 Å². The molecule has 3 aromatic rings. The summed E-state index contributed by atoms with van der Waals surface area (Å²) < 4.78 is 19.3. The number of anilines is 2. The number of hydrogen-bond donors (Lipinski definition) is 1. The highest BCUT2D eigenvalue weighted by Gasteiger charge is 2.41. The van der Waals surface area contributed by atoms with Gasteiger partial charge in [0.1, 0.15) is 11.6 Å². The van der Waals surface area contributed by atoms with E-state index in [1.165, 1.54) is 12.1 Å². The van der Waals surface area contributed by atoms with Crippen LogP contribution in [0.15, 0.2) is 78.0 Å². The molecule has 0 saturated heterocycles. The summed E-state index contributed by atoms with van der Waals surface area (Å²) in [6.07, 6.45) is 4.07. The largest absolute Gasteiger partial charge is 0.497 e. The average Bonchev–Trinajstić information content (AvgIpc) is 3.08. The smallest absolute Gasteiger partial charge is 0.227 e. The van der Waals surface area contributed by atoms with Crippen LogP contribution in [-0.2, 0) is 9.59 Å². The quantitative estimate of drug-likeness (QED) is 0.322. The van der Waals surface area contributed by atoms with Crippen molar-refractivity contribution < 1.29 is 18.7 Å². The molecule has 1 aliphatic carbocycles. The van der Waals surface area contributed by atoms with Crippen molar-refractivity contribution in [1.29, 1.82) is 0 Å². The second kappa shape index (κ2) is 11.4. The lowest BCUT2D eigenvalue weighted by Gasteiger charge is -2.35. The lowest BCUT2D eigenvalue weighted by Crippen LogP contribution is -2.38. The first-order valence-corrected chi connectivity index (χ1v) is 13.7. The number of Topliss-reactive ketones (excluding diaryl/α,β-unsaturated/α-hetero) is 1. The average molecular weight is 527 g/mol. The molecule has 0 radical (unpaired) electrons. The molecule has 0 saturated carbocycles. The third kappa shape index (κ3) is 5.47. The number of nitrogens with zero attached hydrogens (tertiary/aromatic N) is 1. The number of unbranched alkanes of at least 4 members (excludes halogenated alkanes) is 2. The molecule has 0 spiro atoms. The van der Waals surface area contributed by atoms with Crippen LogP contribution in [0.2, 0.25) is 0 Å². The maximum atomic E-state index is 14.1. The fourth-order valence-corrected chi connectivity index (χ4v) is 5.74. The van der Waals surface area contributed by atoms with Gasteiger partial charge in [-0.3, -0.25) is 14.5 Å². The Labute approximate surface area is 229 Å². The van der Waals surface area contributed by atoms with E-state index < -0.39 is 6.04 Å². The molecular formula is C33H35FN2O3. The number of aryl methyl sites for hydroxylation is 1. The first kappa shape index (κ1) is 26.7. The molecule has 5 rings (SSSR count). The maximum absolute atomic E-state index is 14.1. The third-order valence-corrected chi connectivity index (χ3v) is 7.77. The van der Waals surface area contributed by atoms with Gasteiger partial charge in [-0.05, 0) is 78.8 Å². The minimum Gasteiger partial charge on any atom is -0.497 e. The van der Waals surface area contributed by atoms with Crippen LogP contribution in [0.1, 0.15) is 74.1 Å². The van der Waals surface area contributed by atoms with Gasteiger partial charge in [-0.1, -0.05) is 50.1 Å². The van der Waals surface area contributed by atoms with Crippen molar-refractivity contribution in [2.75, 3.05) is 17.3 Å². The number of methoxy groups -OCH3 is 1. The fourth-order valence-electron chi connectivity index (χ4n) is 5.74. The highest BCUT2D eigenvalue weighted by molar-refractivity contribution is 6.06. The Hall–Kier alpha value is -3.93. The fraction of sp³-hybridized carbons (Fsp3) is 0.333. The number of ether oxygens (including phenoxy) is 1. The molecule has 0 aromatic heterocycles. The van der Waals surface area contributed by atoms with Crippen molar-refractivity contribution in [3.63, 3.8) is 0 Å². The Kier molecular flexibility index (Phi) is 7.82. The summed E-state index contributed by atoms with van der Waals surface area (Å²) in [5.41, 5.74) is 5.75. The number of benzene rings is 3. The van der Waals surface area contributed by atoms with Crippen molar-refractivity contribution in [2.24, 2.45) is 0 Å². The van der Waals surface area contributed by atoms with E-state index >= 15 is 0 Å². The SMILES string of the molecule is CCCCCC(=O)N1c2cc(C)ccc2NC2=C(C(=O)C[C@@H](c3ccc(OC)cc3)C2)[C@H]1c1ccc(F)cc1. The molecule has 202 valence electrons. The molecule has 3 aromatic carbocycles. The van der Waals surface area contributed by atoms with Crippen LogP contribution >= 0.6 is 0 Å². The van der Waals surface area contributed by atoms with Crippen molar-refractivity contribution in [1.82, 2.24) is 0 Å². The minimum atomic E-state index is -0.644. The van der Waals surface area contributed by atoms with Crippen LogP contribution < -0.4 is 15.0 Å². The summed E-state index contributed by atoms with van der Waals surface area (Å²) in [5.74, 6) is 0.363. The number of hydrogen-bond acceptors (Lipinski definition) is 4. The van der Waals surface area contributed by atoms with Gasteiger partial charge in [0, 0.05) is 24.1 Å².